The molecule has 0 bridgehead atoms. The maximum atomic E-state index is 13.8. The maximum Gasteiger partial charge on any atom is 0.273 e. The summed E-state index contributed by atoms with van der Waals surface area (Å²) in [6.45, 7) is 3.60. The molecule has 1 N–H and O–H groups in total. The molecule has 37 heavy (non-hydrogen) atoms. The lowest BCUT2D eigenvalue weighted by molar-refractivity contribution is -0.115. The number of nitrogens with one attached hydrogen (secondary N) is 1. The van der Waals surface area contributed by atoms with Gasteiger partial charge in [0.15, 0.2) is 0 Å². The number of rotatable bonds is 8. The second-order valence-electron chi connectivity index (χ2n) is 9.14. The van der Waals surface area contributed by atoms with E-state index in [1.165, 1.54) is 30.2 Å². The van der Waals surface area contributed by atoms with Crippen LogP contribution in [0.4, 0.5) is 14.5 Å². The summed E-state index contributed by atoms with van der Waals surface area (Å²) in [5, 5.41) is 2.92. The largest absolute Gasteiger partial charge is 0.326 e. The zero-order valence-electron chi connectivity index (χ0n) is 21.3. The van der Waals surface area contributed by atoms with Gasteiger partial charge >= 0.3 is 0 Å². The van der Waals surface area contributed by atoms with Crippen LogP contribution in [0.5, 0.6) is 0 Å². The van der Waals surface area contributed by atoms with E-state index in [0.717, 1.165) is 36.1 Å². The summed E-state index contributed by atoms with van der Waals surface area (Å²) >= 11 is 0. The smallest absolute Gasteiger partial charge is 0.273 e. The van der Waals surface area contributed by atoms with Gasteiger partial charge in [-0.3, -0.25) is 9.79 Å². The molecule has 1 heterocycles. The lowest BCUT2D eigenvalue weighted by atomic mass is 9.92. The van der Waals surface area contributed by atoms with E-state index in [1.807, 2.05) is 42.6 Å². The predicted molar refractivity (Wildman–Crippen MR) is 149 cm³/mol. The second-order valence-corrected chi connectivity index (χ2v) is 9.14. The Balaban J connectivity index is 1.52. The Morgan fingerprint density at radius 3 is 2.41 bits per heavy atom. The van der Waals surface area contributed by atoms with E-state index in [9.17, 15) is 13.6 Å². The quantitative estimate of drug-likeness (QED) is 0.334. The maximum absolute atomic E-state index is 13.8. The van der Waals surface area contributed by atoms with Crippen LogP contribution in [-0.2, 0) is 23.6 Å². The zero-order chi connectivity index (χ0) is 26.3. The molecule has 0 saturated carbocycles. The number of alkyl halides is 2. The number of anilines is 1. The number of allylic oxidation sites excluding steroid dienone is 3. The number of hydrogen-bond donors (Lipinski definition) is 1. The van der Waals surface area contributed by atoms with Crippen LogP contribution in [0.2, 0.25) is 0 Å². The van der Waals surface area contributed by atoms with E-state index in [-0.39, 0.29) is 24.3 Å². The molecular formula is C32H32F2N2O. The average molecular weight is 499 g/mol. The first-order valence-corrected chi connectivity index (χ1v) is 12.8. The van der Waals surface area contributed by atoms with Gasteiger partial charge in [-0.1, -0.05) is 80.6 Å². The summed E-state index contributed by atoms with van der Waals surface area (Å²) in [6, 6.07) is 22.2. The number of nitrogens with zero attached hydrogens (tertiary/aromatic N) is 1. The molecule has 0 aliphatic carbocycles. The van der Waals surface area contributed by atoms with Crippen molar-refractivity contribution in [2.45, 2.75) is 51.9 Å². The summed E-state index contributed by atoms with van der Waals surface area (Å²) in [4.78, 5) is 17.4. The Bertz CT molecular complexity index is 1320. The zero-order valence-corrected chi connectivity index (χ0v) is 21.3. The standard InChI is InChI=1S/C32H32F2N2O/c1-3-24-10-7-8-12-28(24)31-29(11-6-5-9-21-35-31)25-15-19-27(20-16-25)36-30(37)22-23-13-17-26(18-14-23)32(33,34)4-2/h5,7-10,12-21H,3-4,6,11,22H2,1-2H3,(H,36,37). The van der Waals surface area contributed by atoms with Crippen molar-refractivity contribution in [2.24, 2.45) is 4.99 Å². The molecular weight excluding hydrogens is 466 g/mol. The SMILES string of the molecule is CCc1ccccc1C1=C(c2ccc(NC(=O)Cc3ccc(C(F)(F)CC)cc3)cc2)CCC=CC=N1. The molecule has 0 spiro atoms. The van der Waals surface area contributed by atoms with Gasteiger partial charge < -0.3 is 5.32 Å². The fourth-order valence-electron chi connectivity index (χ4n) is 4.49. The average Bonchev–Trinajstić information content (AvgIpc) is 2.90. The van der Waals surface area contributed by atoms with Gasteiger partial charge in [0.2, 0.25) is 5.91 Å². The van der Waals surface area contributed by atoms with Gasteiger partial charge in [0.05, 0.1) is 12.1 Å². The predicted octanol–water partition coefficient (Wildman–Crippen LogP) is 8.22. The van der Waals surface area contributed by atoms with E-state index < -0.39 is 5.92 Å². The highest BCUT2D eigenvalue weighted by Gasteiger charge is 2.28. The Labute approximate surface area is 217 Å². The van der Waals surface area contributed by atoms with Crippen molar-refractivity contribution in [3.05, 3.63) is 113 Å². The van der Waals surface area contributed by atoms with Gasteiger partial charge in [-0.2, -0.15) is 0 Å². The number of carbonyl (C=O) groups is 1. The van der Waals surface area contributed by atoms with Crippen LogP contribution in [0.25, 0.3) is 11.3 Å². The van der Waals surface area contributed by atoms with Crippen molar-refractivity contribution in [1.29, 1.82) is 0 Å². The molecule has 0 radical (unpaired) electrons. The number of hydrogen-bond acceptors (Lipinski definition) is 2. The van der Waals surface area contributed by atoms with E-state index >= 15 is 0 Å². The lowest BCUT2D eigenvalue weighted by Crippen LogP contribution is -2.15. The van der Waals surface area contributed by atoms with Crippen molar-refractivity contribution in [2.75, 3.05) is 5.32 Å². The Morgan fingerprint density at radius 2 is 1.70 bits per heavy atom. The number of aryl methyl sites for hydroxylation is 1. The highest BCUT2D eigenvalue weighted by molar-refractivity contribution is 5.96. The van der Waals surface area contributed by atoms with Crippen LogP contribution in [0.15, 0.2) is 89.9 Å². The fourth-order valence-corrected chi connectivity index (χ4v) is 4.49. The molecule has 0 fully saturated rings. The van der Waals surface area contributed by atoms with E-state index in [1.54, 1.807) is 12.1 Å². The minimum absolute atomic E-state index is 0.0287. The van der Waals surface area contributed by atoms with E-state index in [2.05, 4.69) is 36.5 Å². The molecule has 1 aliphatic heterocycles. The lowest BCUT2D eigenvalue weighted by Gasteiger charge is -2.17. The van der Waals surface area contributed by atoms with Gasteiger partial charge in [0, 0.05) is 29.4 Å². The number of aliphatic imine (C=N–C) groups is 1. The number of carbonyl (C=O) groups excluding carboxylic acids is 1. The monoisotopic (exact) mass is 498 g/mol. The van der Waals surface area contributed by atoms with Crippen molar-refractivity contribution in [3.63, 3.8) is 0 Å². The summed E-state index contributed by atoms with van der Waals surface area (Å²) in [7, 11) is 0. The van der Waals surface area contributed by atoms with Gasteiger partial charge in [-0.15, -0.1) is 0 Å². The highest BCUT2D eigenvalue weighted by atomic mass is 19.3. The van der Waals surface area contributed by atoms with Gasteiger partial charge in [-0.05, 0) is 59.7 Å². The first kappa shape index (κ1) is 26.2. The molecule has 0 aromatic heterocycles. The fraction of sp³-hybridized carbons (Fsp3) is 0.250. The first-order chi connectivity index (χ1) is 17.9. The molecule has 3 aromatic carbocycles. The Kier molecular flexibility index (Phi) is 8.44. The number of halogens is 2. The molecule has 1 aliphatic rings. The third-order valence-corrected chi connectivity index (χ3v) is 6.63. The topological polar surface area (TPSA) is 41.5 Å². The van der Waals surface area contributed by atoms with Crippen molar-refractivity contribution < 1.29 is 13.6 Å². The van der Waals surface area contributed by atoms with Crippen LogP contribution in [0, 0.1) is 0 Å². The molecule has 5 heteroatoms. The minimum atomic E-state index is -2.85. The van der Waals surface area contributed by atoms with Crippen LogP contribution in [0.3, 0.4) is 0 Å². The van der Waals surface area contributed by atoms with Gasteiger partial charge in [0.25, 0.3) is 5.92 Å². The third-order valence-electron chi connectivity index (χ3n) is 6.63. The molecule has 3 nitrogen and oxygen atoms in total. The number of benzene rings is 3. The molecule has 1 amide bonds. The van der Waals surface area contributed by atoms with Crippen molar-refractivity contribution in [1.82, 2.24) is 0 Å². The molecule has 0 unspecified atom stereocenters. The van der Waals surface area contributed by atoms with Crippen LogP contribution >= 0.6 is 0 Å². The normalized spacial score (nSPS) is 13.8. The highest BCUT2D eigenvalue weighted by Crippen LogP contribution is 2.34. The molecule has 190 valence electrons. The third kappa shape index (κ3) is 6.48. The van der Waals surface area contributed by atoms with E-state index in [0.29, 0.717) is 11.3 Å². The van der Waals surface area contributed by atoms with Crippen LogP contribution in [0.1, 0.15) is 60.9 Å². The molecule has 0 saturated heterocycles. The van der Waals surface area contributed by atoms with Gasteiger partial charge in [-0.25, -0.2) is 8.78 Å². The summed E-state index contributed by atoms with van der Waals surface area (Å²) in [5.41, 5.74) is 6.97. The minimum Gasteiger partial charge on any atom is -0.326 e. The van der Waals surface area contributed by atoms with Gasteiger partial charge in [0.1, 0.15) is 0 Å². The van der Waals surface area contributed by atoms with Crippen molar-refractivity contribution in [3.8, 4) is 0 Å². The summed E-state index contributed by atoms with van der Waals surface area (Å²) < 4.78 is 27.7. The first-order valence-electron chi connectivity index (χ1n) is 12.8. The Morgan fingerprint density at radius 1 is 0.973 bits per heavy atom. The van der Waals surface area contributed by atoms with Crippen LogP contribution in [-0.4, -0.2) is 12.1 Å². The molecule has 4 rings (SSSR count). The summed E-state index contributed by atoms with van der Waals surface area (Å²) in [5.74, 6) is -3.05. The molecule has 3 aromatic rings. The summed E-state index contributed by atoms with van der Waals surface area (Å²) in [6.07, 6.45) is 8.53. The number of amides is 1. The van der Waals surface area contributed by atoms with Crippen molar-refractivity contribution >= 4 is 29.1 Å². The van der Waals surface area contributed by atoms with Crippen LogP contribution < -0.4 is 5.32 Å². The van der Waals surface area contributed by atoms with E-state index in [4.69, 9.17) is 4.99 Å². The second kappa shape index (κ2) is 11.9. The molecule has 0 atom stereocenters. The Hall–Kier alpha value is -3.86.